The van der Waals surface area contributed by atoms with Crippen LogP contribution in [0.25, 0.3) is 6.08 Å². The number of phenols is 1. The summed E-state index contributed by atoms with van der Waals surface area (Å²) in [5.41, 5.74) is 1.49. The number of carbonyl (C=O) groups excluding carboxylic acids is 2. The van der Waals surface area contributed by atoms with Gasteiger partial charge in [-0.15, -0.1) is 0 Å². The predicted molar refractivity (Wildman–Crippen MR) is 101 cm³/mol. The van der Waals surface area contributed by atoms with Crippen molar-refractivity contribution in [2.75, 3.05) is 0 Å². The van der Waals surface area contributed by atoms with E-state index in [2.05, 4.69) is 0 Å². The van der Waals surface area contributed by atoms with E-state index in [1.807, 2.05) is 6.07 Å². The third-order valence-electron chi connectivity index (χ3n) is 3.68. The minimum atomic E-state index is -0.465. The smallest absolute Gasteiger partial charge is 0.293 e. The number of hydrogen-bond donors (Lipinski definition) is 1. The fourth-order valence-electron chi connectivity index (χ4n) is 2.39. The van der Waals surface area contributed by atoms with Crippen molar-refractivity contribution in [2.24, 2.45) is 0 Å². The molecule has 1 aliphatic rings. The summed E-state index contributed by atoms with van der Waals surface area (Å²) in [4.78, 5) is 26.1. The van der Waals surface area contributed by atoms with E-state index in [-0.39, 0.29) is 27.2 Å². The number of hydrogen-bond acceptors (Lipinski definition) is 5. The summed E-state index contributed by atoms with van der Waals surface area (Å²) < 4.78 is 0. The molecule has 0 unspecified atom stereocenters. The van der Waals surface area contributed by atoms with Gasteiger partial charge in [-0.1, -0.05) is 41.4 Å². The molecule has 8 heteroatoms. The summed E-state index contributed by atoms with van der Waals surface area (Å²) in [6, 6.07) is 11.7. The fourth-order valence-corrected chi connectivity index (χ4v) is 3.74. The van der Waals surface area contributed by atoms with Gasteiger partial charge in [-0.25, -0.2) is 0 Å². The molecule has 3 rings (SSSR count). The van der Waals surface area contributed by atoms with Crippen molar-refractivity contribution in [2.45, 2.75) is 6.54 Å². The molecule has 0 bridgehead atoms. The first kappa shape index (κ1) is 18.3. The van der Waals surface area contributed by atoms with Gasteiger partial charge < -0.3 is 5.11 Å². The molecule has 26 heavy (non-hydrogen) atoms. The van der Waals surface area contributed by atoms with Crippen molar-refractivity contribution in [3.63, 3.8) is 0 Å². The second-order valence-corrected chi connectivity index (χ2v) is 7.18. The molecule has 1 N–H and O–H groups in total. The van der Waals surface area contributed by atoms with E-state index in [0.29, 0.717) is 16.7 Å². The number of nitriles is 1. The van der Waals surface area contributed by atoms with Gasteiger partial charge in [-0.2, -0.15) is 5.26 Å². The quantitative estimate of drug-likeness (QED) is 0.742. The highest BCUT2D eigenvalue weighted by Crippen LogP contribution is 2.37. The average Bonchev–Trinajstić information content (AvgIpc) is 2.87. The molecule has 1 fully saturated rings. The second-order valence-electron chi connectivity index (χ2n) is 5.37. The number of nitrogens with zero attached hydrogens (tertiary/aromatic N) is 2. The van der Waals surface area contributed by atoms with Crippen LogP contribution in [0.15, 0.2) is 41.3 Å². The van der Waals surface area contributed by atoms with Crippen LogP contribution in [0.4, 0.5) is 4.79 Å². The minimum Gasteiger partial charge on any atom is -0.505 e. The third kappa shape index (κ3) is 3.56. The van der Waals surface area contributed by atoms with Crippen LogP contribution in [0.2, 0.25) is 10.0 Å². The number of aromatic hydroxyl groups is 1. The summed E-state index contributed by atoms with van der Waals surface area (Å²) in [7, 11) is 0. The summed E-state index contributed by atoms with van der Waals surface area (Å²) >= 11 is 12.5. The topological polar surface area (TPSA) is 81.4 Å². The number of thioether (sulfide) groups is 1. The molecule has 0 spiro atoms. The number of carbonyl (C=O) groups is 2. The Morgan fingerprint density at radius 2 is 1.85 bits per heavy atom. The van der Waals surface area contributed by atoms with Gasteiger partial charge in [0.05, 0.1) is 33.1 Å². The van der Waals surface area contributed by atoms with Gasteiger partial charge in [-0.05, 0) is 47.2 Å². The van der Waals surface area contributed by atoms with Crippen molar-refractivity contribution < 1.29 is 14.7 Å². The van der Waals surface area contributed by atoms with Gasteiger partial charge in [0.15, 0.2) is 5.75 Å². The Labute approximate surface area is 163 Å². The number of rotatable bonds is 3. The van der Waals surface area contributed by atoms with Crippen LogP contribution in [-0.4, -0.2) is 21.2 Å². The molecule has 0 saturated carbocycles. The molecule has 1 aliphatic heterocycles. The highest BCUT2D eigenvalue weighted by Gasteiger charge is 2.35. The first-order valence-corrected chi connectivity index (χ1v) is 8.89. The minimum absolute atomic E-state index is 0.0167. The number of imide groups is 1. The standard InChI is InChI=1S/C18H10Cl2N2O3S/c19-13-5-10(6-14(20)16(13)23)7-15-17(24)22(18(25)26-15)9-12-4-2-1-3-11(12)8-21/h1-7,23H,9H2/b15-7-. The molecule has 1 saturated heterocycles. The van der Waals surface area contributed by atoms with Gasteiger partial charge in [0.25, 0.3) is 11.1 Å². The van der Waals surface area contributed by atoms with Crippen molar-refractivity contribution in [3.8, 4) is 11.8 Å². The molecule has 2 aromatic rings. The van der Waals surface area contributed by atoms with E-state index in [1.165, 1.54) is 18.2 Å². The van der Waals surface area contributed by atoms with Crippen LogP contribution in [0.5, 0.6) is 5.75 Å². The Balaban J connectivity index is 1.89. The number of halogens is 2. The van der Waals surface area contributed by atoms with Gasteiger partial charge in [0.2, 0.25) is 0 Å². The lowest BCUT2D eigenvalue weighted by atomic mass is 10.1. The van der Waals surface area contributed by atoms with E-state index in [1.54, 1.807) is 24.3 Å². The zero-order chi connectivity index (χ0) is 18.8. The highest BCUT2D eigenvalue weighted by atomic mass is 35.5. The number of benzene rings is 2. The molecule has 0 atom stereocenters. The first-order chi connectivity index (χ1) is 12.4. The highest BCUT2D eigenvalue weighted by molar-refractivity contribution is 8.18. The molecule has 1 heterocycles. The maximum absolute atomic E-state index is 12.6. The Hall–Kier alpha value is -2.46. The molecule has 0 aromatic heterocycles. The first-order valence-electron chi connectivity index (χ1n) is 7.32. The summed E-state index contributed by atoms with van der Waals surface area (Å²) in [5, 5.41) is 18.4. The molecule has 130 valence electrons. The summed E-state index contributed by atoms with van der Waals surface area (Å²) in [6.45, 7) is 0.0167. The molecular formula is C18H10Cl2N2O3S. The van der Waals surface area contributed by atoms with Gasteiger partial charge >= 0.3 is 0 Å². The van der Waals surface area contributed by atoms with Crippen LogP contribution in [0.3, 0.4) is 0 Å². The normalized spacial score (nSPS) is 15.6. The van der Waals surface area contributed by atoms with Crippen molar-refractivity contribution >= 4 is 52.2 Å². The Morgan fingerprint density at radius 3 is 2.50 bits per heavy atom. The van der Waals surface area contributed by atoms with Crippen molar-refractivity contribution in [3.05, 3.63) is 68.0 Å². The van der Waals surface area contributed by atoms with Crippen LogP contribution < -0.4 is 0 Å². The van der Waals surface area contributed by atoms with Crippen LogP contribution in [-0.2, 0) is 11.3 Å². The van der Waals surface area contributed by atoms with Crippen molar-refractivity contribution in [1.82, 2.24) is 4.90 Å². The van der Waals surface area contributed by atoms with Crippen LogP contribution >= 0.6 is 35.0 Å². The van der Waals surface area contributed by atoms with E-state index in [9.17, 15) is 14.7 Å². The van der Waals surface area contributed by atoms with Crippen LogP contribution in [0, 0.1) is 11.3 Å². The lowest BCUT2D eigenvalue weighted by Crippen LogP contribution is -2.27. The predicted octanol–water partition coefficient (Wildman–Crippen LogP) is 4.81. The zero-order valence-electron chi connectivity index (χ0n) is 13.1. The van der Waals surface area contributed by atoms with Crippen molar-refractivity contribution in [1.29, 1.82) is 5.26 Å². The summed E-state index contributed by atoms with van der Waals surface area (Å²) in [5.74, 6) is -0.709. The average molecular weight is 405 g/mol. The van der Waals surface area contributed by atoms with E-state index in [4.69, 9.17) is 28.5 Å². The Bertz CT molecular complexity index is 975. The van der Waals surface area contributed by atoms with Gasteiger partial charge in [-0.3, -0.25) is 14.5 Å². The monoisotopic (exact) mass is 404 g/mol. The Kier molecular flexibility index (Phi) is 5.23. The van der Waals surface area contributed by atoms with E-state index < -0.39 is 11.1 Å². The van der Waals surface area contributed by atoms with Gasteiger partial charge in [0, 0.05) is 0 Å². The van der Waals surface area contributed by atoms with Gasteiger partial charge in [0.1, 0.15) is 0 Å². The second kappa shape index (κ2) is 7.42. The lowest BCUT2D eigenvalue weighted by Gasteiger charge is -2.13. The maximum atomic E-state index is 12.6. The number of amides is 2. The van der Waals surface area contributed by atoms with Crippen LogP contribution in [0.1, 0.15) is 16.7 Å². The third-order valence-corrected chi connectivity index (χ3v) is 5.16. The molecule has 2 aromatic carbocycles. The lowest BCUT2D eigenvalue weighted by molar-refractivity contribution is -0.123. The molecule has 0 radical (unpaired) electrons. The van der Waals surface area contributed by atoms with E-state index in [0.717, 1.165) is 16.7 Å². The Morgan fingerprint density at radius 1 is 1.19 bits per heavy atom. The largest absolute Gasteiger partial charge is 0.505 e. The molecular weight excluding hydrogens is 395 g/mol. The molecule has 0 aliphatic carbocycles. The SMILES string of the molecule is N#Cc1ccccc1CN1C(=O)S/C(=C\c2cc(Cl)c(O)c(Cl)c2)C1=O. The number of phenolic OH excluding ortho intramolecular Hbond substituents is 1. The molecule has 2 amide bonds. The van der Waals surface area contributed by atoms with E-state index >= 15 is 0 Å². The molecule has 5 nitrogen and oxygen atoms in total. The summed E-state index contributed by atoms with van der Waals surface area (Å²) in [6.07, 6.45) is 1.48. The fraction of sp³-hybridized carbons (Fsp3) is 0.0556. The zero-order valence-corrected chi connectivity index (χ0v) is 15.4. The maximum Gasteiger partial charge on any atom is 0.293 e.